The van der Waals surface area contributed by atoms with Gasteiger partial charge in [0.05, 0.1) is 4.92 Å². The van der Waals surface area contributed by atoms with Crippen molar-refractivity contribution in [3.8, 4) is 0 Å². The van der Waals surface area contributed by atoms with Gasteiger partial charge < -0.3 is 5.32 Å². The highest BCUT2D eigenvalue weighted by atomic mass is 19.4. The van der Waals surface area contributed by atoms with Crippen molar-refractivity contribution in [2.75, 3.05) is 5.32 Å². The molecule has 0 heterocycles. The number of halogens is 3. The van der Waals surface area contributed by atoms with Gasteiger partial charge in [0.2, 0.25) is 0 Å². The summed E-state index contributed by atoms with van der Waals surface area (Å²) < 4.78 is 35.2. The summed E-state index contributed by atoms with van der Waals surface area (Å²) in [5, 5.41) is 12.9. The Balaban J connectivity index is 2.64. The zero-order chi connectivity index (χ0) is 13.1. The van der Waals surface area contributed by atoms with Crippen LogP contribution in [-0.4, -0.2) is 17.3 Å². The summed E-state index contributed by atoms with van der Waals surface area (Å²) in [6.07, 6.45) is -4.83. The maximum atomic E-state index is 11.7. The zero-order valence-electron chi connectivity index (χ0n) is 8.12. The molecule has 0 atom stereocenters. The number of amides is 2. The van der Waals surface area contributed by atoms with Crippen molar-refractivity contribution in [1.82, 2.24) is 5.32 Å². The summed E-state index contributed by atoms with van der Waals surface area (Å²) in [4.78, 5) is 20.4. The van der Waals surface area contributed by atoms with E-state index in [0.29, 0.717) is 0 Å². The maximum Gasteiger partial charge on any atom is 0.485 e. The highest BCUT2D eigenvalue weighted by Gasteiger charge is 2.29. The van der Waals surface area contributed by atoms with Gasteiger partial charge >= 0.3 is 12.3 Å². The fourth-order valence-electron chi connectivity index (χ4n) is 0.958. The number of rotatable bonds is 2. The second-order valence-electron chi connectivity index (χ2n) is 2.88. The summed E-state index contributed by atoms with van der Waals surface area (Å²) in [7, 11) is 0. The van der Waals surface area contributed by atoms with E-state index in [1.165, 1.54) is 0 Å². The van der Waals surface area contributed by atoms with Gasteiger partial charge in [-0.1, -0.05) is 0 Å². The first-order valence-corrected chi connectivity index (χ1v) is 4.18. The average molecular weight is 249 g/mol. The predicted octanol–water partition coefficient (Wildman–Crippen LogP) is 2.24. The van der Waals surface area contributed by atoms with E-state index < -0.39 is 17.3 Å². The van der Waals surface area contributed by atoms with Crippen LogP contribution in [0.25, 0.3) is 0 Å². The lowest BCUT2D eigenvalue weighted by Gasteiger charge is -2.09. The van der Waals surface area contributed by atoms with E-state index in [-0.39, 0.29) is 11.4 Å². The zero-order valence-corrected chi connectivity index (χ0v) is 8.12. The van der Waals surface area contributed by atoms with Crippen LogP contribution < -0.4 is 10.6 Å². The average Bonchev–Trinajstić information content (AvgIpc) is 2.15. The lowest BCUT2D eigenvalue weighted by Crippen LogP contribution is -2.40. The number of benzene rings is 1. The van der Waals surface area contributed by atoms with Crippen LogP contribution in [0.4, 0.5) is 29.3 Å². The number of nitro benzene ring substituents is 1. The molecule has 0 bridgehead atoms. The van der Waals surface area contributed by atoms with Crippen molar-refractivity contribution in [1.29, 1.82) is 0 Å². The molecule has 0 radical (unpaired) electrons. The molecular weight excluding hydrogens is 243 g/mol. The van der Waals surface area contributed by atoms with Crippen LogP contribution in [0.5, 0.6) is 0 Å². The van der Waals surface area contributed by atoms with Crippen LogP contribution in [0.15, 0.2) is 24.3 Å². The van der Waals surface area contributed by atoms with Gasteiger partial charge in [-0.2, -0.15) is 13.2 Å². The lowest BCUT2D eigenvalue weighted by atomic mass is 10.3. The molecule has 6 nitrogen and oxygen atoms in total. The van der Waals surface area contributed by atoms with E-state index in [1.807, 2.05) is 5.32 Å². The van der Waals surface area contributed by atoms with E-state index in [2.05, 4.69) is 0 Å². The van der Waals surface area contributed by atoms with E-state index in [9.17, 15) is 28.1 Å². The Morgan fingerprint density at radius 1 is 1.24 bits per heavy atom. The third-order valence-corrected chi connectivity index (χ3v) is 1.59. The number of carbonyl (C=O) groups excluding carboxylic acids is 1. The fraction of sp³-hybridized carbons (Fsp3) is 0.125. The molecule has 0 aromatic heterocycles. The summed E-state index contributed by atoms with van der Waals surface area (Å²) in [6.45, 7) is 0. The first-order valence-electron chi connectivity index (χ1n) is 4.18. The number of anilines is 1. The summed E-state index contributed by atoms with van der Waals surface area (Å²) in [5.41, 5.74) is -0.218. The molecule has 0 aliphatic heterocycles. The van der Waals surface area contributed by atoms with Crippen LogP contribution >= 0.6 is 0 Å². The van der Waals surface area contributed by atoms with E-state index in [0.717, 1.165) is 29.6 Å². The Hall–Kier alpha value is -2.32. The van der Waals surface area contributed by atoms with Crippen LogP contribution in [0.2, 0.25) is 0 Å². The van der Waals surface area contributed by atoms with Gasteiger partial charge in [-0.15, -0.1) is 0 Å². The number of non-ortho nitro benzene ring substituents is 1. The summed E-state index contributed by atoms with van der Waals surface area (Å²) in [6, 6.07) is 2.89. The van der Waals surface area contributed by atoms with Gasteiger partial charge in [-0.3, -0.25) is 10.1 Å². The van der Waals surface area contributed by atoms with Gasteiger partial charge in [0.25, 0.3) is 5.69 Å². The predicted molar refractivity (Wildman–Crippen MR) is 51.3 cm³/mol. The minimum absolute atomic E-state index is 0.0114. The summed E-state index contributed by atoms with van der Waals surface area (Å²) in [5.74, 6) is 0. The Labute approximate surface area is 92.6 Å². The number of urea groups is 1. The highest BCUT2D eigenvalue weighted by molar-refractivity contribution is 5.89. The van der Waals surface area contributed by atoms with Gasteiger partial charge in [0.1, 0.15) is 0 Å². The molecule has 0 spiro atoms. The Morgan fingerprint density at radius 2 is 1.76 bits per heavy atom. The molecule has 0 saturated heterocycles. The first kappa shape index (κ1) is 12.7. The number of nitrogens with zero attached hydrogens (tertiary/aromatic N) is 1. The van der Waals surface area contributed by atoms with Crippen molar-refractivity contribution in [2.24, 2.45) is 0 Å². The molecule has 17 heavy (non-hydrogen) atoms. The molecule has 0 unspecified atom stereocenters. The smallest absolute Gasteiger partial charge is 0.308 e. The van der Waals surface area contributed by atoms with E-state index in [1.54, 1.807) is 0 Å². The largest absolute Gasteiger partial charge is 0.485 e. The quantitative estimate of drug-likeness (QED) is 0.479. The lowest BCUT2D eigenvalue weighted by molar-refractivity contribution is -0.384. The third kappa shape index (κ3) is 4.36. The van der Waals surface area contributed by atoms with Gasteiger partial charge in [-0.25, -0.2) is 10.1 Å². The second kappa shape index (κ2) is 4.68. The van der Waals surface area contributed by atoms with Crippen molar-refractivity contribution < 1.29 is 22.9 Å². The van der Waals surface area contributed by atoms with Crippen LogP contribution in [0.3, 0.4) is 0 Å². The minimum atomic E-state index is -4.83. The molecule has 1 aromatic rings. The topological polar surface area (TPSA) is 84.3 Å². The Morgan fingerprint density at radius 3 is 2.18 bits per heavy atom. The number of hydrogen-bond acceptors (Lipinski definition) is 3. The normalized spacial score (nSPS) is 10.8. The standard InChI is InChI=1S/C8H6F3N3O3/c9-8(10,11)13-7(15)12-5-1-3-6(4-2-5)14(16)17/h1-4H,(H2,12,13,15). The van der Waals surface area contributed by atoms with E-state index in [4.69, 9.17) is 0 Å². The van der Waals surface area contributed by atoms with Crippen molar-refractivity contribution >= 4 is 17.4 Å². The van der Waals surface area contributed by atoms with Crippen LogP contribution in [-0.2, 0) is 0 Å². The number of nitrogens with one attached hydrogen (secondary N) is 2. The Bertz CT molecular complexity index is 430. The van der Waals surface area contributed by atoms with Crippen LogP contribution in [0.1, 0.15) is 0 Å². The van der Waals surface area contributed by atoms with Gasteiger partial charge in [0, 0.05) is 17.8 Å². The molecular formula is C8H6F3N3O3. The van der Waals surface area contributed by atoms with Crippen molar-refractivity contribution in [2.45, 2.75) is 6.30 Å². The fourth-order valence-corrected chi connectivity index (χ4v) is 0.958. The molecule has 0 aliphatic carbocycles. The molecule has 2 amide bonds. The van der Waals surface area contributed by atoms with Gasteiger partial charge in [0.15, 0.2) is 0 Å². The monoisotopic (exact) mass is 249 g/mol. The van der Waals surface area contributed by atoms with Gasteiger partial charge in [-0.05, 0) is 12.1 Å². The SMILES string of the molecule is O=C(Nc1ccc([N+](=O)[O-])cc1)NC(F)(F)F. The minimum Gasteiger partial charge on any atom is -0.308 e. The molecule has 1 rings (SSSR count). The highest BCUT2D eigenvalue weighted by Crippen LogP contribution is 2.16. The van der Waals surface area contributed by atoms with E-state index >= 15 is 0 Å². The maximum absolute atomic E-state index is 11.7. The first-order chi connectivity index (χ1) is 7.78. The van der Waals surface area contributed by atoms with Crippen LogP contribution in [0, 0.1) is 10.1 Å². The number of nitro groups is 1. The molecule has 2 N–H and O–H groups in total. The second-order valence-corrected chi connectivity index (χ2v) is 2.88. The third-order valence-electron chi connectivity index (χ3n) is 1.59. The molecule has 0 saturated carbocycles. The molecule has 0 aliphatic rings. The van der Waals surface area contributed by atoms with Crippen molar-refractivity contribution in [3.05, 3.63) is 34.4 Å². The Kier molecular flexibility index (Phi) is 3.51. The summed E-state index contributed by atoms with van der Waals surface area (Å²) >= 11 is 0. The molecule has 1 aromatic carbocycles. The number of hydrogen-bond donors (Lipinski definition) is 2. The molecule has 92 valence electrons. The molecule has 9 heteroatoms. The number of alkyl halides is 3. The van der Waals surface area contributed by atoms with Crippen molar-refractivity contribution in [3.63, 3.8) is 0 Å². The molecule has 0 fully saturated rings. The number of carbonyl (C=O) groups is 1.